The van der Waals surface area contributed by atoms with Crippen molar-refractivity contribution in [2.75, 3.05) is 18.0 Å². The van der Waals surface area contributed by atoms with Crippen LogP contribution in [0.5, 0.6) is 0 Å². The first-order valence-corrected chi connectivity index (χ1v) is 14.0. The van der Waals surface area contributed by atoms with E-state index in [4.69, 9.17) is 4.42 Å². The first-order valence-electron chi connectivity index (χ1n) is 11.8. The number of aromatic nitrogens is 1. The number of rotatable bonds is 6. The smallest absolute Gasteiger partial charge is 0.236 e. The summed E-state index contributed by atoms with van der Waals surface area (Å²) in [7, 11) is -3.85. The summed E-state index contributed by atoms with van der Waals surface area (Å²) in [4.78, 5) is 6.79. The Labute approximate surface area is 214 Å². The molecular formula is C28H27BrN2O3S. The molecule has 3 aromatic carbocycles. The van der Waals surface area contributed by atoms with Crippen LogP contribution >= 0.6 is 15.9 Å². The average Bonchev–Trinajstić information content (AvgIpc) is 3.32. The Morgan fingerprint density at radius 3 is 2.26 bits per heavy atom. The molecule has 0 amide bonds. The van der Waals surface area contributed by atoms with Gasteiger partial charge in [-0.05, 0) is 74.1 Å². The lowest BCUT2D eigenvalue weighted by atomic mass is 9.90. The summed E-state index contributed by atoms with van der Waals surface area (Å²) in [6, 6.07) is 24.9. The summed E-state index contributed by atoms with van der Waals surface area (Å²) in [6.07, 6.45) is 2.96. The molecule has 5 nitrogen and oxygen atoms in total. The van der Waals surface area contributed by atoms with E-state index in [0.29, 0.717) is 17.7 Å². The van der Waals surface area contributed by atoms with Crippen molar-refractivity contribution in [2.24, 2.45) is 5.92 Å². The van der Waals surface area contributed by atoms with Gasteiger partial charge in [0.25, 0.3) is 0 Å². The van der Waals surface area contributed by atoms with Crippen molar-refractivity contribution in [1.29, 1.82) is 0 Å². The number of sulfone groups is 1. The zero-order valence-electron chi connectivity index (χ0n) is 19.5. The molecule has 0 atom stereocenters. The fourth-order valence-electron chi connectivity index (χ4n) is 4.51. The number of benzene rings is 3. The van der Waals surface area contributed by atoms with Gasteiger partial charge < -0.3 is 9.32 Å². The second-order valence-corrected chi connectivity index (χ2v) is 11.9. The minimum Gasteiger partial charge on any atom is -0.419 e. The lowest BCUT2D eigenvalue weighted by Crippen LogP contribution is -2.34. The molecule has 5 rings (SSSR count). The summed E-state index contributed by atoms with van der Waals surface area (Å²) in [5.74, 6) is 1.20. The summed E-state index contributed by atoms with van der Waals surface area (Å²) < 4.78 is 34.4. The normalized spacial score (nSPS) is 14.9. The Hall–Kier alpha value is -2.90. The van der Waals surface area contributed by atoms with E-state index in [-0.39, 0.29) is 9.92 Å². The van der Waals surface area contributed by atoms with Crippen LogP contribution in [0.3, 0.4) is 0 Å². The molecule has 0 unspecified atom stereocenters. The third kappa shape index (κ3) is 5.21. The highest BCUT2D eigenvalue weighted by molar-refractivity contribution is 9.10. The molecule has 1 aliphatic heterocycles. The predicted molar refractivity (Wildman–Crippen MR) is 141 cm³/mol. The molecule has 1 aromatic heterocycles. The van der Waals surface area contributed by atoms with Crippen LogP contribution in [-0.4, -0.2) is 26.5 Å². The topological polar surface area (TPSA) is 63.4 Å². The number of hydrogen-bond acceptors (Lipinski definition) is 5. The van der Waals surface area contributed by atoms with E-state index in [1.807, 2.05) is 42.2 Å². The zero-order chi connectivity index (χ0) is 24.4. The lowest BCUT2D eigenvalue weighted by molar-refractivity contribution is 0.387. The van der Waals surface area contributed by atoms with Crippen LogP contribution in [0.2, 0.25) is 0 Å². The van der Waals surface area contributed by atoms with Gasteiger partial charge in [-0.2, -0.15) is 4.98 Å². The Morgan fingerprint density at radius 1 is 0.943 bits per heavy atom. The molecule has 1 saturated heterocycles. The van der Waals surface area contributed by atoms with Crippen molar-refractivity contribution >= 4 is 31.7 Å². The maximum absolute atomic E-state index is 13.7. The van der Waals surface area contributed by atoms with E-state index in [9.17, 15) is 8.42 Å². The third-order valence-electron chi connectivity index (χ3n) is 6.53. The number of halogens is 1. The minimum atomic E-state index is -3.85. The Kier molecular flexibility index (Phi) is 6.80. The molecule has 0 bridgehead atoms. The SMILES string of the molecule is Cc1ccc(S(=O)(=O)c2nc(-c3ccc(Br)cc3)oc2N2CCC(Cc3ccccc3)CC2)cc1. The fraction of sp³-hybridized carbons (Fsp3) is 0.250. The van der Waals surface area contributed by atoms with Gasteiger partial charge in [0.2, 0.25) is 26.6 Å². The summed E-state index contributed by atoms with van der Waals surface area (Å²) in [5.41, 5.74) is 3.07. The maximum Gasteiger partial charge on any atom is 0.236 e. The molecule has 0 saturated carbocycles. The molecule has 0 aliphatic carbocycles. The van der Waals surface area contributed by atoms with Gasteiger partial charge in [0.15, 0.2) is 0 Å². The second-order valence-electron chi connectivity index (χ2n) is 9.07. The molecule has 0 spiro atoms. The zero-order valence-corrected chi connectivity index (χ0v) is 21.9. The number of aryl methyl sites for hydroxylation is 1. The second kappa shape index (κ2) is 9.99. The molecule has 0 radical (unpaired) electrons. The van der Waals surface area contributed by atoms with Gasteiger partial charge in [-0.1, -0.05) is 64.0 Å². The minimum absolute atomic E-state index is 0.0132. The van der Waals surface area contributed by atoms with Crippen LogP contribution in [0.4, 0.5) is 5.88 Å². The van der Waals surface area contributed by atoms with Crippen LogP contribution < -0.4 is 4.90 Å². The molecule has 0 N–H and O–H groups in total. The van der Waals surface area contributed by atoms with Crippen molar-refractivity contribution in [3.63, 3.8) is 0 Å². The molecule has 7 heteroatoms. The van der Waals surface area contributed by atoms with E-state index >= 15 is 0 Å². The van der Waals surface area contributed by atoms with E-state index < -0.39 is 9.84 Å². The van der Waals surface area contributed by atoms with Crippen molar-refractivity contribution in [3.8, 4) is 11.5 Å². The van der Waals surface area contributed by atoms with Crippen molar-refractivity contribution < 1.29 is 12.8 Å². The Bertz CT molecular complexity index is 1390. The number of nitrogens with zero attached hydrogens (tertiary/aromatic N) is 2. The highest BCUT2D eigenvalue weighted by Crippen LogP contribution is 2.37. The van der Waals surface area contributed by atoms with E-state index in [0.717, 1.165) is 48.0 Å². The number of hydrogen-bond donors (Lipinski definition) is 0. The summed E-state index contributed by atoms with van der Waals surface area (Å²) >= 11 is 3.44. The molecule has 2 heterocycles. The lowest BCUT2D eigenvalue weighted by Gasteiger charge is -2.32. The summed E-state index contributed by atoms with van der Waals surface area (Å²) in [5, 5.41) is -0.0132. The third-order valence-corrected chi connectivity index (χ3v) is 8.72. The molecule has 180 valence electrons. The largest absolute Gasteiger partial charge is 0.419 e. The quantitative estimate of drug-likeness (QED) is 0.267. The molecular weight excluding hydrogens is 524 g/mol. The fourth-order valence-corrected chi connectivity index (χ4v) is 6.09. The number of piperidine rings is 1. The molecule has 1 aliphatic rings. The van der Waals surface area contributed by atoms with Gasteiger partial charge in [-0.3, -0.25) is 0 Å². The van der Waals surface area contributed by atoms with Crippen LogP contribution in [0.15, 0.2) is 97.7 Å². The van der Waals surface area contributed by atoms with Crippen LogP contribution in [0.25, 0.3) is 11.5 Å². The van der Waals surface area contributed by atoms with Crippen molar-refractivity contribution in [2.45, 2.75) is 36.1 Å². The number of anilines is 1. The van der Waals surface area contributed by atoms with Gasteiger partial charge in [0.05, 0.1) is 4.90 Å². The van der Waals surface area contributed by atoms with Crippen molar-refractivity contribution in [1.82, 2.24) is 4.98 Å². The van der Waals surface area contributed by atoms with Gasteiger partial charge in [0.1, 0.15) is 0 Å². The predicted octanol–water partition coefficient (Wildman–Crippen LogP) is 6.70. The van der Waals surface area contributed by atoms with E-state index in [1.54, 1.807) is 24.3 Å². The first kappa shape index (κ1) is 23.8. The highest BCUT2D eigenvalue weighted by Gasteiger charge is 2.33. The Balaban J connectivity index is 1.46. The van der Waals surface area contributed by atoms with Gasteiger partial charge >= 0.3 is 0 Å². The van der Waals surface area contributed by atoms with Crippen LogP contribution in [0.1, 0.15) is 24.0 Å². The summed E-state index contributed by atoms with van der Waals surface area (Å²) in [6.45, 7) is 3.38. The van der Waals surface area contributed by atoms with E-state index in [2.05, 4.69) is 45.2 Å². The molecule has 35 heavy (non-hydrogen) atoms. The monoisotopic (exact) mass is 550 g/mol. The van der Waals surface area contributed by atoms with Crippen LogP contribution in [-0.2, 0) is 16.3 Å². The van der Waals surface area contributed by atoms with Gasteiger partial charge in [-0.15, -0.1) is 0 Å². The van der Waals surface area contributed by atoms with Crippen LogP contribution in [0, 0.1) is 12.8 Å². The highest BCUT2D eigenvalue weighted by atomic mass is 79.9. The standard InChI is InChI=1S/C28H27BrN2O3S/c1-20-7-13-25(14-8-20)35(32,33)27-28(34-26(30-27)23-9-11-24(29)12-10-23)31-17-15-22(16-18-31)19-21-5-3-2-4-6-21/h2-14,22H,15-19H2,1H3. The van der Waals surface area contributed by atoms with E-state index in [1.165, 1.54) is 5.56 Å². The first-order chi connectivity index (χ1) is 16.9. The number of oxazole rings is 1. The van der Waals surface area contributed by atoms with Crippen molar-refractivity contribution in [3.05, 3.63) is 94.5 Å². The average molecular weight is 552 g/mol. The molecule has 1 fully saturated rings. The maximum atomic E-state index is 13.7. The van der Waals surface area contributed by atoms with Gasteiger partial charge in [0, 0.05) is 23.1 Å². The molecule has 4 aromatic rings. The van der Waals surface area contributed by atoms with Gasteiger partial charge in [-0.25, -0.2) is 8.42 Å². The Morgan fingerprint density at radius 2 is 1.60 bits per heavy atom.